The van der Waals surface area contributed by atoms with Gasteiger partial charge in [-0.2, -0.15) is 0 Å². The molecule has 4 aromatic rings. The van der Waals surface area contributed by atoms with Crippen LogP contribution in [-0.4, -0.2) is 103 Å². The minimum absolute atomic E-state index is 0. The van der Waals surface area contributed by atoms with Gasteiger partial charge < -0.3 is 34.2 Å². The Hall–Kier alpha value is -6.21. The third-order valence-corrected chi connectivity index (χ3v) is 13.6. The predicted molar refractivity (Wildman–Crippen MR) is 336 cm³/mol. The fraction of sp³-hybridized carbons (Fsp3) is 0.522. The molecule has 16 nitrogen and oxygen atoms in total. The number of hydrogen-bond acceptors (Lipinski definition) is 15. The van der Waals surface area contributed by atoms with Gasteiger partial charge in [-0.3, -0.25) is 39.8 Å². The maximum absolute atomic E-state index is 12.8. The van der Waals surface area contributed by atoms with Crippen molar-refractivity contribution in [1.29, 1.82) is 0 Å². The lowest BCUT2D eigenvalue weighted by Crippen LogP contribution is -2.44. The number of hydrogen-bond donors (Lipinski definition) is 5. The van der Waals surface area contributed by atoms with Crippen molar-refractivity contribution in [2.75, 3.05) is 26.4 Å². The molecule has 0 spiro atoms. The third kappa shape index (κ3) is 32.2. The molecule has 85 heavy (non-hydrogen) atoms. The first-order valence-corrected chi connectivity index (χ1v) is 29.8. The molecule has 2 saturated carbocycles. The van der Waals surface area contributed by atoms with E-state index in [9.17, 15) is 24.0 Å². The Balaban J connectivity index is 0.000000351. The first-order valence-electron chi connectivity index (χ1n) is 29.8. The van der Waals surface area contributed by atoms with E-state index in [-0.39, 0.29) is 61.8 Å². The second-order valence-electron chi connectivity index (χ2n) is 23.8. The van der Waals surface area contributed by atoms with Gasteiger partial charge in [0.1, 0.15) is 37.2 Å². The number of carbonyl (C=O) groups is 5. The number of esters is 2. The van der Waals surface area contributed by atoms with Crippen LogP contribution in [0.1, 0.15) is 177 Å². The lowest BCUT2D eigenvalue weighted by Gasteiger charge is -2.25. The number of nitrogens with two attached hydrogens (primary N) is 1. The van der Waals surface area contributed by atoms with Gasteiger partial charge in [-0.25, -0.2) is 5.48 Å². The Bertz CT molecular complexity index is 2590. The molecule has 2 aliphatic rings. The summed E-state index contributed by atoms with van der Waals surface area (Å²) in [6, 6.07) is 30.6. The van der Waals surface area contributed by atoms with E-state index in [1.807, 2.05) is 77.9 Å². The molecule has 4 aromatic carbocycles. The Morgan fingerprint density at radius 2 is 0.976 bits per heavy atom. The highest BCUT2D eigenvalue weighted by atomic mass is 16.7. The molecule has 1 unspecified atom stereocenters. The van der Waals surface area contributed by atoms with Crippen LogP contribution in [0.25, 0.3) is 12.2 Å². The van der Waals surface area contributed by atoms with Crippen LogP contribution < -0.4 is 21.8 Å². The van der Waals surface area contributed by atoms with Crippen LogP contribution in [0.3, 0.4) is 0 Å². The van der Waals surface area contributed by atoms with E-state index in [0.29, 0.717) is 44.3 Å². The van der Waals surface area contributed by atoms with Crippen LogP contribution in [0, 0.1) is 5.92 Å². The molecule has 0 heterocycles. The maximum Gasteiger partial charge on any atom is 0.325 e. The Morgan fingerprint density at radius 3 is 1.39 bits per heavy atom. The smallest absolute Gasteiger partial charge is 0.325 e. The van der Waals surface area contributed by atoms with Gasteiger partial charge in [0.15, 0.2) is 12.1 Å². The number of carbonyl (C=O) groups excluding carboxylic acids is 5. The van der Waals surface area contributed by atoms with Crippen molar-refractivity contribution < 1.29 is 57.6 Å². The summed E-state index contributed by atoms with van der Waals surface area (Å²) in [5, 5.41) is 15.2. The SMILES string of the molecule is C.CC(C)(C)OC[C@H](NCc1ccc(CCCc2ccc(/C=C/C(=O)NO)cc2)cc1)C(=O)OC1CCCC1.CC(C)(C)OC[C@H](NCc1ccc(CN)cc1)C(=O)OC1CCCC1.CC(C)COC(C)OCC(=O)/C=C/c1ccc(C=O)cc1. The number of rotatable bonds is 30. The number of hydroxylamine groups is 1. The number of benzene rings is 4. The second-order valence-corrected chi connectivity index (χ2v) is 23.8. The van der Waals surface area contributed by atoms with E-state index in [1.54, 1.807) is 48.8 Å². The summed E-state index contributed by atoms with van der Waals surface area (Å²) in [7, 11) is 0. The molecule has 2 aliphatic carbocycles. The fourth-order valence-corrected chi connectivity index (χ4v) is 8.69. The average Bonchev–Trinajstić information content (AvgIpc) is 4.37. The van der Waals surface area contributed by atoms with Gasteiger partial charge in [-0.05, 0) is 176 Å². The van der Waals surface area contributed by atoms with E-state index < -0.39 is 24.3 Å². The Labute approximate surface area is 507 Å². The summed E-state index contributed by atoms with van der Waals surface area (Å²) in [4.78, 5) is 58.7. The first kappa shape index (κ1) is 73.0. The zero-order chi connectivity index (χ0) is 61.3. The topological polar surface area (TPSA) is 223 Å². The van der Waals surface area contributed by atoms with Crippen molar-refractivity contribution >= 4 is 42.1 Å². The van der Waals surface area contributed by atoms with Crippen molar-refractivity contribution in [2.24, 2.45) is 11.7 Å². The minimum atomic E-state index is -0.549. The summed E-state index contributed by atoms with van der Waals surface area (Å²) in [5.74, 6) is -0.685. The average molecular weight is 1180 g/mol. The van der Waals surface area contributed by atoms with E-state index in [2.05, 4.69) is 60.9 Å². The standard InChI is InChI=1S/C31H42N2O5.C20H32N2O3.C17H22O4.CH4/c1-31(2,3)37-22-28(30(35)38-27-9-4-5-10-27)32-21-26-17-15-24(16-18-26)8-6-7-23-11-13-25(14-12-23)19-20-29(34)33-36;1-20(2,3)24-14-18(19(23)25-17-6-4-5-7-17)22-13-16-10-8-15(12-21)9-11-16;1-13(2)11-20-14(3)21-12-17(19)9-8-15-4-6-16(10-18)7-5-15;/h11-20,27-28,32,36H,4-10,21-22H2,1-3H3,(H,33,34);8-11,17-18,22H,4-7,12-14,21H2,1-3H3;4-10,13-14H,11-12H2,1-3H3;1H4/b20-19+;;9-8+;/t28-;18-;;/m00../s1. The lowest BCUT2D eigenvalue weighted by molar-refractivity contribution is -0.155. The van der Waals surface area contributed by atoms with E-state index >= 15 is 0 Å². The largest absolute Gasteiger partial charge is 0.461 e. The van der Waals surface area contributed by atoms with Gasteiger partial charge in [0.2, 0.25) is 0 Å². The molecular weight excluding hydrogens is 1080 g/mol. The molecule has 16 heteroatoms. The highest BCUT2D eigenvalue weighted by Gasteiger charge is 2.29. The summed E-state index contributed by atoms with van der Waals surface area (Å²) in [6.07, 6.45) is 17.9. The molecule has 0 radical (unpaired) electrons. The molecule has 2 fully saturated rings. The normalized spacial score (nSPS) is 14.8. The lowest BCUT2D eigenvalue weighted by atomic mass is 10.0. The van der Waals surface area contributed by atoms with E-state index in [0.717, 1.165) is 105 Å². The zero-order valence-corrected chi connectivity index (χ0v) is 51.3. The van der Waals surface area contributed by atoms with Gasteiger partial charge in [0, 0.05) is 31.3 Å². The Morgan fingerprint density at radius 1 is 0.576 bits per heavy atom. The van der Waals surface area contributed by atoms with Gasteiger partial charge in [-0.1, -0.05) is 124 Å². The molecule has 0 saturated heterocycles. The number of amides is 1. The fourth-order valence-electron chi connectivity index (χ4n) is 8.69. The predicted octanol–water partition coefficient (Wildman–Crippen LogP) is 11.8. The summed E-state index contributed by atoms with van der Waals surface area (Å²) >= 11 is 0. The molecule has 468 valence electrons. The molecule has 3 atom stereocenters. The number of ether oxygens (including phenoxy) is 6. The molecule has 0 bridgehead atoms. The van der Waals surface area contributed by atoms with Gasteiger partial charge >= 0.3 is 11.9 Å². The highest BCUT2D eigenvalue weighted by molar-refractivity contribution is 5.94. The van der Waals surface area contributed by atoms with Crippen LogP contribution >= 0.6 is 0 Å². The first-order chi connectivity index (χ1) is 40.1. The molecule has 0 aliphatic heterocycles. The van der Waals surface area contributed by atoms with Crippen molar-refractivity contribution in [2.45, 2.75) is 202 Å². The van der Waals surface area contributed by atoms with Gasteiger partial charge in [0.25, 0.3) is 5.91 Å². The van der Waals surface area contributed by atoms with Crippen LogP contribution in [0.4, 0.5) is 0 Å². The van der Waals surface area contributed by atoms with Crippen LogP contribution in [-0.2, 0) is 80.1 Å². The summed E-state index contributed by atoms with van der Waals surface area (Å²) in [6.45, 7) is 20.6. The van der Waals surface area contributed by atoms with E-state index in [1.165, 1.54) is 23.3 Å². The van der Waals surface area contributed by atoms with Crippen molar-refractivity contribution in [1.82, 2.24) is 16.1 Å². The van der Waals surface area contributed by atoms with Crippen molar-refractivity contribution in [3.63, 3.8) is 0 Å². The van der Waals surface area contributed by atoms with Crippen LogP contribution in [0.15, 0.2) is 109 Å². The Kier molecular flexibility index (Phi) is 33.9. The molecule has 1 amide bonds. The molecule has 0 aromatic heterocycles. The quantitative estimate of drug-likeness (QED) is 0.00818. The number of aryl methyl sites for hydroxylation is 2. The zero-order valence-electron chi connectivity index (χ0n) is 51.3. The molecular formula is C69H100N4O12. The minimum Gasteiger partial charge on any atom is -0.461 e. The van der Waals surface area contributed by atoms with E-state index in [4.69, 9.17) is 39.4 Å². The molecule has 6 N–H and O–H groups in total. The number of nitrogens with one attached hydrogen (secondary N) is 3. The van der Waals surface area contributed by atoms with Crippen molar-refractivity contribution in [3.8, 4) is 0 Å². The van der Waals surface area contributed by atoms with Gasteiger partial charge in [-0.15, -0.1) is 0 Å². The summed E-state index contributed by atoms with van der Waals surface area (Å²) < 4.78 is 33.9. The summed E-state index contributed by atoms with van der Waals surface area (Å²) in [5.41, 5.74) is 14.8. The van der Waals surface area contributed by atoms with Crippen LogP contribution in [0.5, 0.6) is 0 Å². The monoisotopic (exact) mass is 1180 g/mol. The molecule has 6 rings (SSSR count). The van der Waals surface area contributed by atoms with Crippen molar-refractivity contribution in [3.05, 3.63) is 154 Å². The third-order valence-electron chi connectivity index (χ3n) is 13.6. The number of aldehydes is 1. The number of ketones is 1. The van der Waals surface area contributed by atoms with Crippen LogP contribution in [0.2, 0.25) is 0 Å². The van der Waals surface area contributed by atoms with Gasteiger partial charge in [0.05, 0.1) is 31.0 Å². The second kappa shape index (κ2) is 39.5. The highest BCUT2D eigenvalue weighted by Crippen LogP contribution is 2.23. The maximum atomic E-state index is 12.8.